The molecule has 1 aliphatic rings. The molecule has 8 heteroatoms. The normalized spacial score (nSPS) is 15.5. The van der Waals surface area contributed by atoms with Gasteiger partial charge in [0.05, 0.1) is 0 Å². The molecule has 0 unspecified atom stereocenters. The van der Waals surface area contributed by atoms with E-state index in [9.17, 15) is 4.79 Å². The predicted octanol–water partition coefficient (Wildman–Crippen LogP) is 2.88. The standard InChI is InChI=1S/C14H18N4OS3/c1-3-10-9(2)15-12-18(11(10)19)16-13(21-12)22-14(20)17-7-5-4-6-8-17/h3-8H2,1-2H3. The Balaban J connectivity index is 1.87. The molecule has 118 valence electrons. The number of thioether (sulfide) groups is 1. The third kappa shape index (κ3) is 3.04. The van der Waals surface area contributed by atoms with E-state index in [1.165, 1.54) is 46.9 Å². The molecule has 1 saturated heterocycles. The van der Waals surface area contributed by atoms with E-state index in [1.807, 2.05) is 13.8 Å². The minimum Gasteiger partial charge on any atom is -0.357 e. The molecule has 0 saturated carbocycles. The van der Waals surface area contributed by atoms with Crippen molar-refractivity contribution < 1.29 is 0 Å². The van der Waals surface area contributed by atoms with Crippen LogP contribution in [0.3, 0.4) is 0 Å². The van der Waals surface area contributed by atoms with E-state index >= 15 is 0 Å². The lowest BCUT2D eigenvalue weighted by Crippen LogP contribution is -2.32. The van der Waals surface area contributed by atoms with Gasteiger partial charge in [0.25, 0.3) is 5.56 Å². The van der Waals surface area contributed by atoms with Gasteiger partial charge in [0.15, 0.2) is 4.34 Å². The first-order valence-electron chi connectivity index (χ1n) is 7.46. The van der Waals surface area contributed by atoms with Crippen LogP contribution in [0.25, 0.3) is 4.96 Å². The van der Waals surface area contributed by atoms with Crippen LogP contribution in [0.2, 0.25) is 0 Å². The van der Waals surface area contributed by atoms with Crippen molar-refractivity contribution >= 4 is 44.6 Å². The molecule has 5 nitrogen and oxygen atoms in total. The molecule has 0 amide bonds. The molecule has 22 heavy (non-hydrogen) atoms. The summed E-state index contributed by atoms with van der Waals surface area (Å²) in [7, 11) is 0. The number of hydrogen-bond acceptors (Lipinski definition) is 6. The maximum absolute atomic E-state index is 12.4. The van der Waals surface area contributed by atoms with Crippen molar-refractivity contribution in [2.45, 2.75) is 43.9 Å². The Morgan fingerprint density at radius 3 is 2.77 bits per heavy atom. The lowest BCUT2D eigenvalue weighted by atomic mass is 10.1. The van der Waals surface area contributed by atoms with Crippen molar-refractivity contribution in [3.05, 3.63) is 21.6 Å². The van der Waals surface area contributed by atoms with E-state index < -0.39 is 0 Å². The average Bonchev–Trinajstić information content (AvgIpc) is 2.91. The van der Waals surface area contributed by atoms with Crippen LogP contribution in [0, 0.1) is 6.92 Å². The Hall–Kier alpha value is -0.990. The Morgan fingerprint density at radius 1 is 1.36 bits per heavy atom. The zero-order valence-electron chi connectivity index (χ0n) is 12.7. The van der Waals surface area contributed by atoms with Crippen LogP contribution in [0.4, 0.5) is 0 Å². The van der Waals surface area contributed by atoms with Gasteiger partial charge in [-0.2, -0.15) is 4.52 Å². The maximum atomic E-state index is 12.4. The van der Waals surface area contributed by atoms with E-state index in [0.717, 1.165) is 33.0 Å². The highest BCUT2D eigenvalue weighted by molar-refractivity contribution is 8.23. The first kappa shape index (κ1) is 15.9. The highest BCUT2D eigenvalue weighted by Crippen LogP contribution is 2.27. The van der Waals surface area contributed by atoms with Gasteiger partial charge in [-0.1, -0.05) is 30.5 Å². The molecule has 1 fully saturated rings. The summed E-state index contributed by atoms with van der Waals surface area (Å²) in [6.07, 6.45) is 4.34. The summed E-state index contributed by atoms with van der Waals surface area (Å²) in [6.45, 7) is 5.89. The molecule has 3 heterocycles. The summed E-state index contributed by atoms with van der Waals surface area (Å²) in [5, 5.41) is 4.41. The molecule has 0 radical (unpaired) electrons. The number of hydrogen-bond donors (Lipinski definition) is 0. The van der Waals surface area contributed by atoms with Crippen molar-refractivity contribution in [1.29, 1.82) is 0 Å². The lowest BCUT2D eigenvalue weighted by molar-refractivity contribution is 0.352. The van der Waals surface area contributed by atoms with Crippen molar-refractivity contribution in [2.24, 2.45) is 0 Å². The summed E-state index contributed by atoms with van der Waals surface area (Å²) < 4.78 is 3.05. The van der Waals surface area contributed by atoms with Crippen LogP contribution in [0.5, 0.6) is 0 Å². The van der Waals surface area contributed by atoms with Gasteiger partial charge in [-0.3, -0.25) is 4.79 Å². The summed E-state index contributed by atoms with van der Waals surface area (Å²) in [5.41, 5.74) is 1.47. The second kappa shape index (κ2) is 6.64. The second-order valence-corrected chi connectivity index (χ2v) is 8.15. The zero-order chi connectivity index (χ0) is 15.7. The van der Waals surface area contributed by atoms with Gasteiger partial charge in [0.2, 0.25) is 4.96 Å². The Kier molecular flexibility index (Phi) is 4.79. The molecule has 0 bridgehead atoms. The third-order valence-electron chi connectivity index (χ3n) is 3.83. The second-order valence-electron chi connectivity index (χ2n) is 5.31. The number of fused-ring (bicyclic) bond motifs is 1. The van der Waals surface area contributed by atoms with Crippen molar-refractivity contribution in [3.8, 4) is 0 Å². The first-order chi connectivity index (χ1) is 10.6. The highest BCUT2D eigenvalue weighted by Gasteiger charge is 2.18. The van der Waals surface area contributed by atoms with Gasteiger partial charge in [0, 0.05) is 24.3 Å². The number of thiocarbonyl (C=S) groups is 1. The smallest absolute Gasteiger partial charge is 0.278 e. The van der Waals surface area contributed by atoms with Crippen LogP contribution >= 0.6 is 35.3 Å². The Morgan fingerprint density at radius 2 is 2.09 bits per heavy atom. The maximum Gasteiger partial charge on any atom is 0.278 e. The molecule has 3 rings (SSSR count). The lowest BCUT2D eigenvalue weighted by Gasteiger charge is -2.27. The molecule has 0 spiro atoms. The quantitative estimate of drug-likeness (QED) is 0.610. The van der Waals surface area contributed by atoms with Crippen LogP contribution in [-0.4, -0.2) is 36.9 Å². The minimum absolute atomic E-state index is 0.0583. The molecular formula is C14H18N4OS3. The molecule has 0 aromatic carbocycles. The molecule has 0 N–H and O–H groups in total. The monoisotopic (exact) mass is 354 g/mol. The summed E-state index contributed by atoms with van der Waals surface area (Å²) in [5.74, 6) is 0. The van der Waals surface area contributed by atoms with Crippen molar-refractivity contribution in [1.82, 2.24) is 19.5 Å². The SMILES string of the molecule is CCc1c(C)nc2sc(SC(=S)N3CCCCC3)nn2c1=O. The Labute approximate surface area is 142 Å². The number of aryl methyl sites for hydroxylation is 1. The third-order valence-corrected chi connectivity index (χ3v) is 6.23. The number of aromatic nitrogens is 3. The fourth-order valence-corrected chi connectivity index (χ4v) is 5.09. The van der Waals surface area contributed by atoms with Crippen LogP contribution in [-0.2, 0) is 6.42 Å². The molecule has 0 atom stereocenters. The molecule has 0 aliphatic carbocycles. The van der Waals surface area contributed by atoms with Gasteiger partial charge < -0.3 is 4.90 Å². The topological polar surface area (TPSA) is 50.5 Å². The number of likely N-dealkylation sites (tertiary alicyclic amines) is 1. The van der Waals surface area contributed by atoms with Gasteiger partial charge in [-0.25, -0.2) is 4.98 Å². The highest BCUT2D eigenvalue weighted by atomic mass is 32.2. The van der Waals surface area contributed by atoms with E-state index in [4.69, 9.17) is 12.2 Å². The molecule has 2 aromatic rings. The molecular weight excluding hydrogens is 336 g/mol. The average molecular weight is 355 g/mol. The van der Waals surface area contributed by atoms with Crippen molar-refractivity contribution in [3.63, 3.8) is 0 Å². The van der Waals surface area contributed by atoms with E-state index in [1.54, 1.807) is 0 Å². The van der Waals surface area contributed by atoms with Gasteiger partial charge in [0.1, 0.15) is 4.32 Å². The summed E-state index contributed by atoms with van der Waals surface area (Å²) in [4.78, 5) is 19.8. The minimum atomic E-state index is -0.0583. The summed E-state index contributed by atoms with van der Waals surface area (Å²) >= 11 is 8.41. The predicted molar refractivity (Wildman–Crippen MR) is 95.1 cm³/mol. The van der Waals surface area contributed by atoms with Gasteiger partial charge >= 0.3 is 0 Å². The number of piperidine rings is 1. The Bertz CT molecular complexity index is 761. The first-order valence-corrected chi connectivity index (χ1v) is 9.50. The van der Waals surface area contributed by atoms with Crippen LogP contribution in [0.1, 0.15) is 37.4 Å². The number of rotatable bonds is 2. The van der Waals surface area contributed by atoms with Gasteiger partial charge in [-0.05, 0) is 44.4 Å². The zero-order valence-corrected chi connectivity index (χ0v) is 15.1. The molecule has 2 aromatic heterocycles. The number of nitrogens with zero attached hydrogens (tertiary/aromatic N) is 4. The molecule has 1 aliphatic heterocycles. The van der Waals surface area contributed by atoms with Gasteiger partial charge in [-0.15, -0.1) is 5.10 Å². The van der Waals surface area contributed by atoms with E-state index in [0.29, 0.717) is 11.4 Å². The summed E-state index contributed by atoms with van der Waals surface area (Å²) in [6, 6.07) is 0. The van der Waals surface area contributed by atoms with E-state index in [2.05, 4.69) is 15.0 Å². The van der Waals surface area contributed by atoms with Crippen LogP contribution < -0.4 is 5.56 Å². The fraction of sp³-hybridized carbons (Fsp3) is 0.571. The van der Waals surface area contributed by atoms with Crippen molar-refractivity contribution in [2.75, 3.05) is 13.1 Å². The fourth-order valence-electron chi connectivity index (χ4n) is 2.63. The van der Waals surface area contributed by atoms with E-state index in [-0.39, 0.29) is 5.56 Å². The van der Waals surface area contributed by atoms with Crippen LogP contribution in [0.15, 0.2) is 9.13 Å². The largest absolute Gasteiger partial charge is 0.357 e.